The Morgan fingerprint density at radius 2 is 1.80 bits per heavy atom. The van der Waals surface area contributed by atoms with Crippen LogP contribution < -0.4 is 10.1 Å². The predicted molar refractivity (Wildman–Crippen MR) is 118 cm³/mol. The lowest BCUT2D eigenvalue weighted by Gasteiger charge is -2.30. The lowest BCUT2D eigenvalue weighted by atomic mass is 10.0. The van der Waals surface area contributed by atoms with Crippen molar-refractivity contribution in [3.63, 3.8) is 0 Å². The van der Waals surface area contributed by atoms with Gasteiger partial charge in [0.1, 0.15) is 18.2 Å². The second-order valence-electron chi connectivity index (χ2n) is 7.13. The highest BCUT2D eigenvalue weighted by atomic mass is 16.5. The molecule has 1 aromatic heterocycles. The molecule has 3 aromatic rings. The lowest BCUT2D eigenvalue weighted by molar-refractivity contribution is 0.0935. The van der Waals surface area contributed by atoms with Gasteiger partial charge in [0.2, 0.25) is 0 Å². The summed E-state index contributed by atoms with van der Waals surface area (Å²) in [6.07, 6.45) is 3.63. The Kier molecular flexibility index (Phi) is 7.63. The van der Waals surface area contributed by atoms with Crippen LogP contribution in [-0.2, 0) is 13.7 Å². The number of nitrogens with one attached hydrogen (secondary N) is 1. The molecule has 3 rings (SSSR count). The number of nitrogens with zero attached hydrogens (tertiary/aromatic N) is 3. The van der Waals surface area contributed by atoms with Gasteiger partial charge in [-0.25, -0.2) is 4.98 Å². The van der Waals surface area contributed by atoms with E-state index in [0.717, 1.165) is 18.9 Å². The first-order valence-corrected chi connectivity index (χ1v) is 10.4. The van der Waals surface area contributed by atoms with Crippen LogP contribution in [0, 0.1) is 0 Å². The third-order valence-electron chi connectivity index (χ3n) is 5.30. The van der Waals surface area contributed by atoms with Crippen LogP contribution in [-0.4, -0.2) is 40.0 Å². The van der Waals surface area contributed by atoms with Crippen LogP contribution >= 0.6 is 0 Å². The fourth-order valence-electron chi connectivity index (χ4n) is 3.47. The molecule has 1 N–H and O–H groups in total. The molecule has 1 atom stereocenters. The Labute approximate surface area is 178 Å². The molecule has 158 valence electrons. The smallest absolute Gasteiger partial charge is 0.251 e. The molecular formula is C24H30N4O2. The van der Waals surface area contributed by atoms with Gasteiger partial charge in [0.15, 0.2) is 0 Å². The Bertz CT molecular complexity index is 918. The molecule has 6 nitrogen and oxygen atoms in total. The van der Waals surface area contributed by atoms with E-state index in [1.807, 2.05) is 48.1 Å². The fourth-order valence-corrected chi connectivity index (χ4v) is 3.47. The summed E-state index contributed by atoms with van der Waals surface area (Å²) in [5, 5.41) is 3.09. The first-order valence-electron chi connectivity index (χ1n) is 10.4. The van der Waals surface area contributed by atoms with E-state index < -0.39 is 0 Å². The molecule has 0 saturated carbocycles. The monoisotopic (exact) mass is 406 g/mol. The third-order valence-corrected chi connectivity index (χ3v) is 5.30. The quantitative estimate of drug-likeness (QED) is 0.556. The van der Waals surface area contributed by atoms with Gasteiger partial charge in [0.25, 0.3) is 5.91 Å². The third kappa shape index (κ3) is 5.48. The van der Waals surface area contributed by atoms with E-state index in [1.54, 1.807) is 18.3 Å². The van der Waals surface area contributed by atoms with Gasteiger partial charge in [0.05, 0.1) is 6.04 Å². The Morgan fingerprint density at radius 1 is 1.10 bits per heavy atom. The van der Waals surface area contributed by atoms with E-state index in [0.29, 0.717) is 24.5 Å². The molecule has 0 aliphatic heterocycles. The van der Waals surface area contributed by atoms with E-state index in [9.17, 15) is 4.79 Å². The molecule has 0 saturated heterocycles. The minimum absolute atomic E-state index is 0.0845. The molecule has 0 bridgehead atoms. The number of likely N-dealkylation sites (N-methyl/N-ethyl adjacent to an activating group) is 1. The number of aryl methyl sites for hydroxylation is 1. The SMILES string of the molecule is CCN(CC)C(CNC(=O)c1ccc(OCc2nccn2C)cc1)c1ccccc1. The first-order chi connectivity index (χ1) is 14.6. The Morgan fingerprint density at radius 3 is 2.40 bits per heavy atom. The van der Waals surface area contributed by atoms with Crippen molar-refractivity contribution in [2.24, 2.45) is 7.05 Å². The lowest BCUT2D eigenvalue weighted by Crippen LogP contribution is -2.38. The molecule has 0 radical (unpaired) electrons. The molecular weight excluding hydrogens is 376 g/mol. The summed E-state index contributed by atoms with van der Waals surface area (Å²) < 4.78 is 7.68. The zero-order valence-corrected chi connectivity index (χ0v) is 17.9. The molecule has 0 aliphatic rings. The van der Waals surface area contributed by atoms with Gasteiger partial charge in [-0.05, 0) is 42.9 Å². The number of imidazole rings is 1. The zero-order valence-electron chi connectivity index (χ0n) is 17.9. The molecule has 2 aromatic carbocycles. The molecule has 0 aliphatic carbocycles. The van der Waals surface area contributed by atoms with Gasteiger partial charge in [-0.2, -0.15) is 0 Å². The number of carbonyl (C=O) groups is 1. The van der Waals surface area contributed by atoms with Crippen molar-refractivity contribution in [3.8, 4) is 5.75 Å². The van der Waals surface area contributed by atoms with Crippen molar-refractivity contribution in [2.45, 2.75) is 26.5 Å². The molecule has 30 heavy (non-hydrogen) atoms. The summed E-state index contributed by atoms with van der Waals surface area (Å²) in [5.41, 5.74) is 1.82. The summed E-state index contributed by atoms with van der Waals surface area (Å²) in [6.45, 7) is 7.08. The number of carbonyl (C=O) groups excluding carboxylic acids is 1. The minimum Gasteiger partial charge on any atom is -0.486 e. The van der Waals surface area contributed by atoms with E-state index >= 15 is 0 Å². The first kappa shape index (κ1) is 21.6. The van der Waals surface area contributed by atoms with Crippen LogP contribution in [0.25, 0.3) is 0 Å². The average molecular weight is 407 g/mol. The van der Waals surface area contributed by atoms with Gasteiger partial charge in [-0.1, -0.05) is 44.2 Å². The van der Waals surface area contributed by atoms with Crippen LogP contribution in [0.4, 0.5) is 0 Å². The summed E-state index contributed by atoms with van der Waals surface area (Å²) in [6, 6.07) is 17.7. The number of hydrogen-bond acceptors (Lipinski definition) is 4. The standard InChI is InChI=1S/C24H30N4O2/c1-4-28(5-2)22(19-9-7-6-8-10-19)17-26-24(29)20-11-13-21(14-12-20)30-18-23-25-15-16-27(23)3/h6-16,22H,4-5,17-18H2,1-3H3,(H,26,29). The van der Waals surface area contributed by atoms with E-state index in [2.05, 4.69) is 41.2 Å². The van der Waals surface area contributed by atoms with Crippen molar-refractivity contribution in [1.82, 2.24) is 19.8 Å². The second kappa shape index (κ2) is 10.6. The molecule has 1 heterocycles. The van der Waals surface area contributed by atoms with Crippen molar-refractivity contribution in [1.29, 1.82) is 0 Å². The van der Waals surface area contributed by atoms with Crippen molar-refractivity contribution >= 4 is 5.91 Å². The van der Waals surface area contributed by atoms with Gasteiger partial charge in [-0.15, -0.1) is 0 Å². The average Bonchev–Trinajstić information content (AvgIpc) is 3.20. The molecule has 0 fully saturated rings. The normalized spacial score (nSPS) is 12.0. The van der Waals surface area contributed by atoms with Crippen LogP contribution in [0.5, 0.6) is 5.75 Å². The second-order valence-corrected chi connectivity index (χ2v) is 7.13. The summed E-state index contributed by atoms with van der Waals surface area (Å²) in [4.78, 5) is 19.3. The minimum atomic E-state index is -0.0845. The van der Waals surface area contributed by atoms with Gasteiger partial charge in [0, 0.05) is 31.5 Å². The summed E-state index contributed by atoms with van der Waals surface area (Å²) in [5.74, 6) is 1.47. The highest BCUT2D eigenvalue weighted by Gasteiger charge is 2.19. The number of benzene rings is 2. The molecule has 6 heteroatoms. The predicted octanol–water partition coefficient (Wildman–Crippen LogP) is 3.81. The van der Waals surface area contributed by atoms with Crippen molar-refractivity contribution in [3.05, 3.63) is 83.9 Å². The highest BCUT2D eigenvalue weighted by molar-refractivity contribution is 5.94. The van der Waals surface area contributed by atoms with E-state index in [1.165, 1.54) is 5.56 Å². The highest BCUT2D eigenvalue weighted by Crippen LogP contribution is 2.20. The largest absolute Gasteiger partial charge is 0.486 e. The zero-order chi connectivity index (χ0) is 21.3. The number of rotatable bonds is 10. The number of amides is 1. The molecule has 0 spiro atoms. The summed E-state index contributed by atoms with van der Waals surface area (Å²) in [7, 11) is 1.93. The van der Waals surface area contributed by atoms with E-state index in [4.69, 9.17) is 4.74 Å². The topological polar surface area (TPSA) is 59.4 Å². The Balaban J connectivity index is 1.59. The number of hydrogen-bond donors (Lipinski definition) is 1. The van der Waals surface area contributed by atoms with Crippen LogP contribution in [0.2, 0.25) is 0 Å². The van der Waals surface area contributed by atoms with Crippen LogP contribution in [0.3, 0.4) is 0 Å². The molecule has 1 unspecified atom stereocenters. The Hall–Kier alpha value is -3.12. The molecule has 1 amide bonds. The number of aromatic nitrogens is 2. The van der Waals surface area contributed by atoms with Crippen LogP contribution in [0.15, 0.2) is 67.0 Å². The maximum atomic E-state index is 12.7. The number of ether oxygens (including phenoxy) is 1. The van der Waals surface area contributed by atoms with Crippen molar-refractivity contribution < 1.29 is 9.53 Å². The van der Waals surface area contributed by atoms with Crippen molar-refractivity contribution in [2.75, 3.05) is 19.6 Å². The van der Waals surface area contributed by atoms with Gasteiger partial charge in [-0.3, -0.25) is 9.69 Å². The fraction of sp³-hybridized carbons (Fsp3) is 0.333. The maximum Gasteiger partial charge on any atom is 0.251 e. The van der Waals surface area contributed by atoms with Crippen LogP contribution in [0.1, 0.15) is 41.6 Å². The maximum absolute atomic E-state index is 12.7. The van der Waals surface area contributed by atoms with Gasteiger partial charge < -0.3 is 14.6 Å². The van der Waals surface area contributed by atoms with E-state index in [-0.39, 0.29) is 11.9 Å². The summed E-state index contributed by atoms with van der Waals surface area (Å²) >= 11 is 0. The van der Waals surface area contributed by atoms with Gasteiger partial charge >= 0.3 is 0 Å².